The van der Waals surface area contributed by atoms with Crippen molar-refractivity contribution in [2.24, 2.45) is 0 Å². The third kappa shape index (κ3) is 2.54. The van der Waals surface area contributed by atoms with E-state index >= 15 is 0 Å². The van der Waals surface area contributed by atoms with Crippen LogP contribution in [-0.2, 0) is 0 Å². The smallest absolute Gasteiger partial charge is 0.119 e. The Morgan fingerprint density at radius 3 is 3.10 bits per heavy atom. The molecule has 0 saturated heterocycles. The Balaban J connectivity index is 2.43. The Morgan fingerprint density at radius 2 is 2.50 bits per heavy atom. The number of aromatic nitrogens is 2. The van der Waals surface area contributed by atoms with Crippen molar-refractivity contribution >= 4 is 23.4 Å². The van der Waals surface area contributed by atoms with Crippen LogP contribution in [0.25, 0.3) is 0 Å². The van der Waals surface area contributed by atoms with E-state index in [2.05, 4.69) is 10.2 Å². The van der Waals surface area contributed by atoms with Crippen molar-refractivity contribution in [1.82, 2.24) is 10.2 Å². The molecule has 0 radical (unpaired) electrons. The predicted octanol–water partition coefficient (Wildman–Crippen LogP) is 1.81. The maximum absolute atomic E-state index is 5.48. The lowest BCUT2D eigenvalue weighted by atomic mass is 10.6. The van der Waals surface area contributed by atoms with Crippen molar-refractivity contribution in [3.05, 3.63) is 18.3 Å². The average Bonchev–Trinajstić information content (AvgIpc) is 2.03. The van der Waals surface area contributed by atoms with Gasteiger partial charge >= 0.3 is 0 Å². The molecule has 0 aliphatic rings. The van der Waals surface area contributed by atoms with E-state index in [1.54, 1.807) is 18.0 Å². The number of rotatable bonds is 3. The van der Waals surface area contributed by atoms with Gasteiger partial charge in [0.05, 0.1) is 0 Å². The standard InChI is InChI=1S/C6H7ClN2S/c7-3-5-10-6-2-1-4-8-9-6/h1-2,4H,3,5H2. The van der Waals surface area contributed by atoms with Crippen LogP contribution in [0.2, 0.25) is 0 Å². The van der Waals surface area contributed by atoms with E-state index in [4.69, 9.17) is 11.6 Å². The predicted molar refractivity (Wildman–Crippen MR) is 43.5 cm³/mol. The number of thioether (sulfide) groups is 1. The second-order valence-electron chi connectivity index (χ2n) is 1.60. The van der Waals surface area contributed by atoms with Crippen LogP contribution in [0.4, 0.5) is 0 Å². The van der Waals surface area contributed by atoms with Gasteiger partial charge in [-0.2, -0.15) is 5.10 Å². The molecule has 0 amide bonds. The highest BCUT2D eigenvalue weighted by molar-refractivity contribution is 7.99. The zero-order chi connectivity index (χ0) is 7.23. The molecule has 0 saturated carbocycles. The fraction of sp³-hybridized carbons (Fsp3) is 0.333. The maximum atomic E-state index is 5.48. The molecular formula is C6H7ClN2S. The molecule has 0 bridgehead atoms. The third-order valence-electron chi connectivity index (χ3n) is 0.875. The molecule has 0 spiro atoms. The largest absolute Gasteiger partial charge is 0.158 e. The van der Waals surface area contributed by atoms with E-state index in [0.717, 1.165) is 10.8 Å². The molecular weight excluding hydrogens is 168 g/mol. The quantitative estimate of drug-likeness (QED) is 0.517. The molecule has 0 atom stereocenters. The summed E-state index contributed by atoms with van der Waals surface area (Å²) in [4.78, 5) is 0. The van der Waals surface area contributed by atoms with Gasteiger partial charge < -0.3 is 0 Å². The summed E-state index contributed by atoms with van der Waals surface area (Å²) in [6.07, 6.45) is 1.66. The third-order valence-corrected chi connectivity index (χ3v) is 2.21. The number of hydrogen-bond acceptors (Lipinski definition) is 3. The molecule has 2 nitrogen and oxygen atoms in total. The van der Waals surface area contributed by atoms with Gasteiger partial charge in [-0.05, 0) is 12.1 Å². The fourth-order valence-electron chi connectivity index (χ4n) is 0.508. The van der Waals surface area contributed by atoms with E-state index in [1.807, 2.05) is 12.1 Å². The monoisotopic (exact) mass is 174 g/mol. The summed E-state index contributed by atoms with van der Waals surface area (Å²) in [6, 6.07) is 3.79. The van der Waals surface area contributed by atoms with Crippen LogP contribution in [0, 0.1) is 0 Å². The van der Waals surface area contributed by atoms with Crippen molar-refractivity contribution in [2.75, 3.05) is 11.6 Å². The second kappa shape index (κ2) is 4.52. The van der Waals surface area contributed by atoms with Crippen molar-refractivity contribution in [2.45, 2.75) is 5.03 Å². The molecule has 1 aromatic rings. The number of alkyl halides is 1. The van der Waals surface area contributed by atoms with Crippen molar-refractivity contribution in [3.8, 4) is 0 Å². The highest BCUT2D eigenvalue weighted by Crippen LogP contribution is 2.12. The molecule has 0 N–H and O–H groups in total. The molecule has 4 heteroatoms. The molecule has 1 aromatic heterocycles. The minimum Gasteiger partial charge on any atom is -0.158 e. The molecule has 0 aliphatic carbocycles. The summed E-state index contributed by atoms with van der Waals surface area (Å²) >= 11 is 7.10. The molecule has 0 fully saturated rings. The van der Waals surface area contributed by atoms with E-state index in [-0.39, 0.29) is 0 Å². The van der Waals surface area contributed by atoms with E-state index in [9.17, 15) is 0 Å². The minimum absolute atomic E-state index is 0.654. The van der Waals surface area contributed by atoms with Crippen LogP contribution < -0.4 is 0 Å². The van der Waals surface area contributed by atoms with E-state index < -0.39 is 0 Å². The molecule has 0 aromatic carbocycles. The SMILES string of the molecule is ClCCSc1cccnn1. The van der Waals surface area contributed by atoms with Crippen LogP contribution in [-0.4, -0.2) is 21.8 Å². The van der Waals surface area contributed by atoms with Crippen LogP contribution in [0.3, 0.4) is 0 Å². The summed E-state index contributed by atoms with van der Waals surface area (Å²) in [7, 11) is 0. The molecule has 0 unspecified atom stereocenters. The van der Waals surface area contributed by atoms with Crippen LogP contribution in [0.5, 0.6) is 0 Å². The van der Waals surface area contributed by atoms with E-state index in [1.165, 1.54) is 0 Å². The number of nitrogens with zero attached hydrogens (tertiary/aromatic N) is 2. The first-order valence-corrected chi connectivity index (χ1v) is 4.42. The van der Waals surface area contributed by atoms with E-state index in [0.29, 0.717) is 5.88 Å². The Bertz CT molecular complexity index is 180. The Hall–Kier alpha value is -0.280. The lowest BCUT2D eigenvalue weighted by molar-refractivity contribution is 0.930. The van der Waals surface area contributed by atoms with Crippen molar-refractivity contribution in [3.63, 3.8) is 0 Å². The van der Waals surface area contributed by atoms with Gasteiger partial charge in [0.2, 0.25) is 0 Å². The summed E-state index contributed by atoms with van der Waals surface area (Å²) < 4.78 is 0. The lowest BCUT2D eigenvalue weighted by Crippen LogP contribution is -1.84. The van der Waals surface area contributed by atoms with Gasteiger partial charge in [0, 0.05) is 17.8 Å². The Kier molecular flexibility index (Phi) is 3.54. The summed E-state index contributed by atoms with van der Waals surface area (Å²) in [5.41, 5.74) is 0. The lowest BCUT2D eigenvalue weighted by Gasteiger charge is -1.93. The first-order valence-electron chi connectivity index (χ1n) is 2.90. The highest BCUT2D eigenvalue weighted by Gasteiger charge is 1.91. The average molecular weight is 175 g/mol. The Morgan fingerprint density at radius 1 is 1.60 bits per heavy atom. The van der Waals surface area contributed by atoms with Crippen LogP contribution in [0.1, 0.15) is 0 Å². The van der Waals surface area contributed by atoms with Crippen LogP contribution in [0.15, 0.2) is 23.4 Å². The molecule has 1 heterocycles. The van der Waals surface area contributed by atoms with Gasteiger partial charge in [0.25, 0.3) is 0 Å². The summed E-state index contributed by atoms with van der Waals surface area (Å²) in [5.74, 6) is 1.54. The maximum Gasteiger partial charge on any atom is 0.119 e. The number of hydrogen-bond donors (Lipinski definition) is 0. The molecule has 54 valence electrons. The number of halogens is 1. The zero-order valence-corrected chi connectivity index (χ0v) is 6.90. The summed E-state index contributed by atoms with van der Waals surface area (Å²) in [5, 5.41) is 8.53. The Labute approximate surface area is 69.0 Å². The van der Waals surface area contributed by atoms with Gasteiger partial charge in [-0.25, -0.2) is 0 Å². The van der Waals surface area contributed by atoms with Gasteiger partial charge in [-0.3, -0.25) is 0 Å². The first kappa shape index (κ1) is 7.82. The second-order valence-corrected chi connectivity index (χ2v) is 3.09. The fourth-order valence-corrected chi connectivity index (χ4v) is 1.30. The van der Waals surface area contributed by atoms with Crippen molar-refractivity contribution in [1.29, 1.82) is 0 Å². The highest BCUT2D eigenvalue weighted by atomic mass is 35.5. The molecule has 10 heavy (non-hydrogen) atoms. The van der Waals surface area contributed by atoms with Gasteiger partial charge in [-0.1, -0.05) is 0 Å². The normalized spacial score (nSPS) is 9.70. The topological polar surface area (TPSA) is 25.8 Å². The first-order chi connectivity index (χ1) is 4.93. The van der Waals surface area contributed by atoms with Gasteiger partial charge in [0.1, 0.15) is 5.03 Å². The van der Waals surface area contributed by atoms with Crippen LogP contribution >= 0.6 is 23.4 Å². The zero-order valence-electron chi connectivity index (χ0n) is 5.33. The summed E-state index contributed by atoms with van der Waals surface area (Å²) in [6.45, 7) is 0. The molecule has 1 rings (SSSR count). The minimum atomic E-state index is 0.654. The van der Waals surface area contributed by atoms with Gasteiger partial charge in [-0.15, -0.1) is 28.5 Å². The van der Waals surface area contributed by atoms with Crippen molar-refractivity contribution < 1.29 is 0 Å². The van der Waals surface area contributed by atoms with Gasteiger partial charge in [0.15, 0.2) is 0 Å². The molecule has 0 aliphatic heterocycles.